The van der Waals surface area contributed by atoms with Crippen LogP contribution in [0.1, 0.15) is 27.2 Å². The van der Waals surface area contributed by atoms with E-state index in [4.69, 9.17) is 4.74 Å². The van der Waals surface area contributed by atoms with Gasteiger partial charge in [0.1, 0.15) is 0 Å². The Morgan fingerprint density at radius 3 is 2.67 bits per heavy atom. The molecule has 0 aromatic carbocycles. The predicted octanol–water partition coefficient (Wildman–Crippen LogP) is 1.12. The first-order chi connectivity index (χ1) is 8.58. The van der Waals surface area contributed by atoms with Crippen LogP contribution in [0.25, 0.3) is 0 Å². The maximum atomic E-state index is 12.3. The standard InChI is InChI=1S/C14H26N2O2/c1-10(2)9-18-13-4-5-16(8-13)14(17)11(3)12-6-15-7-12/h10-13,15H,4-9H2,1-3H3. The minimum atomic E-state index is 0.162. The molecule has 0 spiro atoms. The van der Waals surface area contributed by atoms with E-state index in [0.29, 0.717) is 17.7 Å². The fraction of sp³-hybridized carbons (Fsp3) is 0.929. The zero-order valence-corrected chi connectivity index (χ0v) is 11.8. The van der Waals surface area contributed by atoms with Gasteiger partial charge in [-0.15, -0.1) is 0 Å². The van der Waals surface area contributed by atoms with Gasteiger partial charge in [0.2, 0.25) is 5.91 Å². The van der Waals surface area contributed by atoms with Gasteiger partial charge in [0, 0.05) is 25.6 Å². The highest BCUT2D eigenvalue weighted by molar-refractivity contribution is 5.79. The maximum Gasteiger partial charge on any atom is 0.225 e. The summed E-state index contributed by atoms with van der Waals surface area (Å²) in [6, 6.07) is 0. The summed E-state index contributed by atoms with van der Waals surface area (Å²) in [6.45, 7) is 10.8. The highest BCUT2D eigenvalue weighted by atomic mass is 16.5. The number of amides is 1. The Morgan fingerprint density at radius 2 is 2.11 bits per heavy atom. The van der Waals surface area contributed by atoms with Gasteiger partial charge >= 0.3 is 0 Å². The first kappa shape index (κ1) is 13.8. The van der Waals surface area contributed by atoms with Crippen LogP contribution in [0.4, 0.5) is 0 Å². The lowest BCUT2D eigenvalue weighted by atomic mass is 9.88. The van der Waals surface area contributed by atoms with E-state index in [1.807, 2.05) is 4.90 Å². The molecule has 0 aromatic heterocycles. The minimum absolute atomic E-state index is 0.162. The Labute approximate surface area is 110 Å². The fourth-order valence-corrected chi connectivity index (χ4v) is 2.55. The molecule has 0 radical (unpaired) electrons. The van der Waals surface area contributed by atoms with Crippen molar-refractivity contribution in [2.75, 3.05) is 32.8 Å². The summed E-state index contributed by atoms with van der Waals surface area (Å²) in [5.41, 5.74) is 0. The molecule has 4 heteroatoms. The average molecular weight is 254 g/mol. The van der Waals surface area contributed by atoms with Crippen LogP contribution < -0.4 is 5.32 Å². The van der Waals surface area contributed by atoms with Gasteiger partial charge in [0.15, 0.2) is 0 Å². The molecule has 4 nitrogen and oxygen atoms in total. The molecule has 18 heavy (non-hydrogen) atoms. The number of hydrogen-bond acceptors (Lipinski definition) is 3. The Kier molecular flexibility index (Phi) is 4.62. The van der Waals surface area contributed by atoms with E-state index in [0.717, 1.165) is 39.2 Å². The molecule has 0 aliphatic carbocycles. The number of carbonyl (C=O) groups excluding carboxylic acids is 1. The summed E-state index contributed by atoms with van der Waals surface area (Å²) in [4.78, 5) is 14.3. The Bertz CT molecular complexity index is 290. The fourth-order valence-electron chi connectivity index (χ4n) is 2.55. The van der Waals surface area contributed by atoms with Crippen LogP contribution in [0.2, 0.25) is 0 Å². The normalized spacial score (nSPS) is 26.4. The largest absolute Gasteiger partial charge is 0.376 e. The molecule has 1 N–H and O–H groups in total. The van der Waals surface area contributed by atoms with Crippen LogP contribution >= 0.6 is 0 Å². The quantitative estimate of drug-likeness (QED) is 0.799. The van der Waals surface area contributed by atoms with E-state index in [9.17, 15) is 4.79 Å². The second-order valence-corrected chi connectivity index (χ2v) is 6.13. The van der Waals surface area contributed by atoms with E-state index in [-0.39, 0.29) is 12.0 Å². The summed E-state index contributed by atoms with van der Waals surface area (Å²) in [5, 5.41) is 3.23. The average Bonchev–Trinajstić information content (AvgIpc) is 2.71. The number of nitrogens with one attached hydrogen (secondary N) is 1. The zero-order valence-electron chi connectivity index (χ0n) is 11.8. The van der Waals surface area contributed by atoms with Gasteiger partial charge in [-0.3, -0.25) is 4.79 Å². The van der Waals surface area contributed by atoms with Crippen molar-refractivity contribution in [3.05, 3.63) is 0 Å². The van der Waals surface area contributed by atoms with Crippen LogP contribution in [0.15, 0.2) is 0 Å². The van der Waals surface area contributed by atoms with Crippen LogP contribution in [-0.4, -0.2) is 49.7 Å². The van der Waals surface area contributed by atoms with Gasteiger partial charge in [-0.2, -0.15) is 0 Å². The van der Waals surface area contributed by atoms with Crippen molar-refractivity contribution < 1.29 is 9.53 Å². The van der Waals surface area contributed by atoms with Crippen LogP contribution in [0.3, 0.4) is 0 Å². The number of rotatable bonds is 5. The lowest BCUT2D eigenvalue weighted by molar-refractivity contribution is -0.136. The van der Waals surface area contributed by atoms with Crippen molar-refractivity contribution in [1.29, 1.82) is 0 Å². The summed E-state index contributed by atoms with van der Waals surface area (Å²) in [6.07, 6.45) is 1.25. The summed E-state index contributed by atoms with van der Waals surface area (Å²) in [7, 11) is 0. The van der Waals surface area contributed by atoms with Crippen molar-refractivity contribution in [2.45, 2.75) is 33.3 Å². The maximum absolute atomic E-state index is 12.3. The molecule has 2 saturated heterocycles. The highest BCUT2D eigenvalue weighted by Gasteiger charge is 2.34. The first-order valence-electron chi connectivity index (χ1n) is 7.19. The molecule has 0 bridgehead atoms. The summed E-state index contributed by atoms with van der Waals surface area (Å²) >= 11 is 0. The molecule has 0 aromatic rings. The molecule has 2 fully saturated rings. The SMILES string of the molecule is CC(C)COC1CCN(C(=O)C(C)C2CNC2)C1. The number of nitrogens with zero attached hydrogens (tertiary/aromatic N) is 1. The number of hydrogen-bond donors (Lipinski definition) is 1. The molecular weight excluding hydrogens is 228 g/mol. The van der Waals surface area contributed by atoms with Gasteiger partial charge in [-0.1, -0.05) is 20.8 Å². The van der Waals surface area contributed by atoms with E-state index < -0.39 is 0 Å². The van der Waals surface area contributed by atoms with Crippen LogP contribution in [0, 0.1) is 17.8 Å². The lowest BCUT2D eigenvalue weighted by Crippen LogP contribution is -2.50. The topological polar surface area (TPSA) is 41.6 Å². The molecule has 2 atom stereocenters. The van der Waals surface area contributed by atoms with Gasteiger partial charge in [-0.25, -0.2) is 0 Å². The summed E-state index contributed by atoms with van der Waals surface area (Å²) in [5.74, 6) is 1.58. The van der Waals surface area contributed by atoms with Crippen molar-refractivity contribution in [3.8, 4) is 0 Å². The van der Waals surface area contributed by atoms with Crippen molar-refractivity contribution in [1.82, 2.24) is 10.2 Å². The molecule has 2 heterocycles. The number of carbonyl (C=O) groups is 1. The Morgan fingerprint density at radius 1 is 1.39 bits per heavy atom. The Hall–Kier alpha value is -0.610. The van der Waals surface area contributed by atoms with Gasteiger partial charge in [0.25, 0.3) is 0 Å². The molecule has 2 rings (SSSR count). The van der Waals surface area contributed by atoms with E-state index in [1.54, 1.807) is 0 Å². The van der Waals surface area contributed by atoms with Gasteiger partial charge < -0.3 is 15.0 Å². The van der Waals surface area contributed by atoms with E-state index in [1.165, 1.54) is 0 Å². The monoisotopic (exact) mass is 254 g/mol. The zero-order chi connectivity index (χ0) is 13.1. The molecule has 0 saturated carbocycles. The van der Waals surface area contributed by atoms with Crippen molar-refractivity contribution in [2.24, 2.45) is 17.8 Å². The minimum Gasteiger partial charge on any atom is -0.376 e. The van der Waals surface area contributed by atoms with E-state index >= 15 is 0 Å². The third kappa shape index (κ3) is 3.23. The van der Waals surface area contributed by atoms with E-state index in [2.05, 4.69) is 26.1 Å². The molecule has 104 valence electrons. The second-order valence-electron chi connectivity index (χ2n) is 6.13. The number of ether oxygens (including phenoxy) is 1. The van der Waals surface area contributed by atoms with Crippen molar-refractivity contribution >= 4 is 5.91 Å². The highest BCUT2D eigenvalue weighted by Crippen LogP contribution is 2.22. The van der Waals surface area contributed by atoms with Gasteiger partial charge in [0.05, 0.1) is 6.10 Å². The molecule has 2 aliphatic heterocycles. The molecule has 2 unspecified atom stereocenters. The van der Waals surface area contributed by atoms with Crippen LogP contribution in [0.5, 0.6) is 0 Å². The van der Waals surface area contributed by atoms with Crippen LogP contribution in [-0.2, 0) is 9.53 Å². The first-order valence-corrected chi connectivity index (χ1v) is 7.19. The third-order valence-corrected chi connectivity index (χ3v) is 4.03. The lowest BCUT2D eigenvalue weighted by Gasteiger charge is -2.33. The van der Waals surface area contributed by atoms with Crippen molar-refractivity contribution in [3.63, 3.8) is 0 Å². The molecule has 2 aliphatic rings. The molecular formula is C14H26N2O2. The second kappa shape index (κ2) is 6.02. The third-order valence-electron chi connectivity index (χ3n) is 4.03. The molecule has 1 amide bonds. The summed E-state index contributed by atoms with van der Waals surface area (Å²) < 4.78 is 5.82. The van der Waals surface area contributed by atoms with Gasteiger partial charge in [-0.05, 0) is 31.3 Å². The smallest absolute Gasteiger partial charge is 0.225 e. The Balaban J connectivity index is 1.75. The predicted molar refractivity (Wildman–Crippen MR) is 71.3 cm³/mol. The number of likely N-dealkylation sites (tertiary alicyclic amines) is 1.